The zero-order chi connectivity index (χ0) is 14.9. The van der Waals surface area contributed by atoms with E-state index < -0.39 is 0 Å². The van der Waals surface area contributed by atoms with Crippen molar-refractivity contribution in [1.82, 2.24) is 0 Å². The van der Waals surface area contributed by atoms with Crippen molar-refractivity contribution in [3.05, 3.63) is 72.3 Å². The molecule has 0 saturated carbocycles. The number of hydrogen-bond donors (Lipinski definition) is 2. The molecule has 2 N–H and O–H groups in total. The highest BCUT2D eigenvalue weighted by atomic mass is 16.3. The Balaban J connectivity index is 0.000000307. The Bertz CT molecular complexity index is 344. The maximum absolute atomic E-state index is 8.53. The molecule has 0 aromatic heterocycles. The first-order chi connectivity index (χ1) is 9.85. The molecule has 2 aromatic carbocycles. The molecule has 0 spiro atoms. The normalized spacial score (nSPS) is 8.75. The molecule has 0 saturated heterocycles. The van der Waals surface area contributed by atoms with E-state index in [-0.39, 0.29) is 6.61 Å². The number of hydrogen-bond acceptors (Lipinski definition) is 2. The van der Waals surface area contributed by atoms with Gasteiger partial charge >= 0.3 is 0 Å². The van der Waals surface area contributed by atoms with Crippen LogP contribution in [-0.4, -0.2) is 23.4 Å². The van der Waals surface area contributed by atoms with Crippen LogP contribution in [0.3, 0.4) is 0 Å². The van der Waals surface area contributed by atoms with Crippen molar-refractivity contribution in [3.63, 3.8) is 0 Å². The summed E-state index contributed by atoms with van der Waals surface area (Å²) in [6, 6.07) is 22.7. The van der Waals surface area contributed by atoms with Crippen LogP contribution in [-0.2, 0) is 6.42 Å². The molecule has 0 unspecified atom stereocenters. The predicted octanol–water partition coefficient (Wildman–Crippen LogP) is 3.49. The second-order valence-electron chi connectivity index (χ2n) is 4.11. The maximum atomic E-state index is 8.53. The van der Waals surface area contributed by atoms with Gasteiger partial charge in [0.15, 0.2) is 0 Å². The van der Waals surface area contributed by atoms with Crippen LogP contribution in [0, 0.1) is 6.07 Å². The molecular formula is C18H25O2. The maximum Gasteiger partial charge on any atom is 0.0434 e. The molecule has 0 aliphatic heterocycles. The third-order valence-corrected chi connectivity index (χ3v) is 2.30. The first-order valence-electron chi connectivity index (χ1n) is 7.01. The van der Waals surface area contributed by atoms with Crippen LogP contribution in [0.4, 0.5) is 0 Å². The third kappa shape index (κ3) is 12.8. The van der Waals surface area contributed by atoms with Gasteiger partial charge in [0.25, 0.3) is 0 Å². The van der Waals surface area contributed by atoms with Crippen LogP contribution in [0.15, 0.2) is 60.7 Å². The highest BCUT2D eigenvalue weighted by Crippen LogP contribution is 2.00. The fourth-order valence-electron chi connectivity index (χ4n) is 1.27. The predicted molar refractivity (Wildman–Crippen MR) is 84.5 cm³/mol. The second kappa shape index (κ2) is 15.4. The molecule has 0 heterocycles. The fraction of sp³-hybridized carbons (Fsp3) is 0.333. The molecule has 0 aliphatic carbocycles. The van der Waals surface area contributed by atoms with Gasteiger partial charge in [-0.15, -0.1) is 0 Å². The molecule has 2 rings (SSSR count). The first kappa shape index (κ1) is 18.4. The van der Waals surface area contributed by atoms with Crippen LogP contribution < -0.4 is 0 Å². The van der Waals surface area contributed by atoms with E-state index in [4.69, 9.17) is 10.2 Å². The molecule has 0 atom stereocenters. The first-order valence-corrected chi connectivity index (χ1v) is 7.01. The number of benzene rings is 2. The Morgan fingerprint density at radius 3 is 1.75 bits per heavy atom. The average molecular weight is 273 g/mol. The second-order valence-corrected chi connectivity index (χ2v) is 4.11. The Labute approximate surface area is 122 Å². The van der Waals surface area contributed by atoms with Gasteiger partial charge in [0.2, 0.25) is 0 Å². The van der Waals surface area contributed by atoms with Gasteiger partial charge in [0, 0.05) is 13.2 Å². The zero-order valence-corrected chi connectivity index (χ0v) is 12.2. The van der Waals surface area contributed by atoms with Gasteiger partial charge in [0.1, 0.15) is 0 Å². The number of aryl methyl sites for hydroxylation is 1. The largest absolute Gasteiger partial charge is 0.396 e. The van der Waals surface area contributed by atoms with E-state index in [0.29, 0.717) is 6.61 Å². The van der Waals surface area contributed by atoms with Crippen LogP contribution in [0.5, 0.6) is 0 Å². The van der Waals surface area contributed by atoms with Crippen LogP contribution in [0.2, 0.25) is 0 Å². The van der Waals surface area contributed by atoms with E-state index in [0.717, 1.165) is 19.3 Å². The summed E-state index contributed by atoms with van der Waals surface area (Å²) in [5.41, 5.74) is 1.30. The van der Waals surface area contributed by atoms with Gasteiger partial charge in [-0.25, -0.2) is 0 Å². The van der Waals surface area contributed by atoms with E-state index in [1.807, 2.05) is 55.5 Å². The quantitative estimate of drug-likeness (QED) is 0.895. The highest BCUT2D eigenvalue weighted by molar-refractivity contribution is 5.14. The van der Waals surface area contributed by atoms with Gasteiger partial charge < -0.3 is 10.2 Å². The van der Waals surface area contributed by atoms with Crippen LogP contribution >= 0.6 is 0 Å². The van der Waals surface area contributed by atoms with Gasteiger partial charge in [-0.2, -0.15) is 0 Å². The lowest BCUT2D eigenvalue weighted by atomic mass is 10.1. The smallest absolute Gasteiger partial charge is 0.0434 e. The third-order valence-electron chi connectivity index (χ3n) is 2.30. The number of aliphatic hydroxyl groups excluding tert-OH is 2. The van der Waals surface area contributed by atoms with Gasteiger partial charge in [0.05, 0.1) is 0 Å². The fourth-order valence-corrected chi connectivity index (χ4v) is 1.27. The molecule has 0 fully saturated rings. The van der Waals surface area contributed by atoms with Crippen LogP contribution in [0.1, 0.15) is 25.3 Å². The van der Waals surface area contributed by atoms with E-state index >= 15 is 0 Å². The number of rotatable bonds is 4. The molecule has 2 nitrogen and oxygen atoms in total. The van der Waals surface area contributed by atoms with E-state index in [1.54, 1.807) is 0 Å². The highest BCUT2D eigenvalue weighted by Gasteiger charge is 1.88. The molecule has 2 heteroatoms. The SMILES string of the molecule is CCCO.OCCCc1ccccc1.[c]1ccccc1. The lowest BCUT2D eigenvalue weighted by Gasteiger charge is -1.96. The standard InChI is InChI=1S/C9H12O.C6H5.C3H8O/c10-8-4-7-9-5-2-1-3-6-9;1-2-4-6-5-3-1;1-2-3-4/h1-3,5-6,10H,4,7-8H2;1-5H;4H,2-3H2,1H3. The van der Waals surface area contributed by atoms with Crippen LogP contribution in [0.25, 0.3) is 0 Å². The topological polar surface area (TPSA) is 40.5 Å². The molecule has 109 valence electrons. The molecule has 20 heavy (non-hydrogen) atoms. The minimum absolute atomic E-state index is 0.287. The van der Waals surface area contributed by atoms with E-state index in [1.165, 1.54) is 5.56 Å². The monoisotopic (exact) mass is 273 g/mol. The summed E-state index contributed by atoms with van der Waals surface area (Å²) in [4.78, 5) is 0. The summed E-state index contributed by atoms with van der Waals surface area (Å²) in [5, 5.41) is 16.4. The Hall–Kier alpha value is -1.64. The minimum atomic E-state index is 0.287. The minimum Gasteiger partial charge on any atom is -0.396 e. The molecule has 2 aromatic rings. The van der Waals surface area contributed by atoms with Crippen molar-refractivity contribution in [2.75, 3.05) is 13.2 Å². The van der Waals surface area contributed by atoms with Crippen molar-refractivity contribution in [1.29, 1.82) is 0 Å². The van der Waals surface area contributed by atoms with Crippen molar-refractivity contribution in [2.45, 2.75) is 26.2 Å². The summed E-state index contributed by atoms with van der Waals surface area (Å²) in [7, 11) is 0. The molecule has 1 radical (unpaired) electrons. The van der Waals surface area contributed by atoms with Crippen molar-refractivity contribution < 1.29 is 10.2 Å². The summed E-state index contributed by atoms with van der Waals surface area (Å²) >= 11 is 0. The van der Waals surface area contributed by atoms with Gasteiger partial charge in [-0.1, -0.05) is 67.6 Å². The Kier molecular flexibility index (Phi) is 14.2. The summed E-state index contributed by atoms with van der Waals surface area (Å²) in [6.45, 7) is 2.54. The molecule has 0 bridgehead atoms. The molecule has 0 amide bonds. The lowest BCUT2D eigenvalue weighted by molar-refractivity contribution is 0.288. The average Bonchev–Trinajstić information content (AvgIpc) is 2.56. The summed E-state index contributed by atoms with van der Waals surface area (Å²) in [5.74, 6) is 0. The van der Waals surface area contributed by atoms with Crippen molar-refractivity contribution >= 4 is 0 Å². The zero-order valence-electron chi connectivity index (χ0n) is 12.2. The number of aliphatic hydroxyl groups is 2. The Morgan fingerprint density at radius 1 is 0.850 bits per heavy atom. The van der Waals surface area contributed by atoms with Gasteiger partial charge in [-0.05, 0) is 30.9 Å². The van der Waals surface area contributed by atoms with Crippen molar-refractivity contribution in [2.24, 2.45) is 0 Å². The lowest BCUT2D eigenvalue weighted by Crippen LogP contribution is -1.87. The van der Waals surface area contributed by atoms with Crippen molar-refractivity contribution in [3.8, 4) is 0 Å². The molecular weight excluding hydrogens is 248 g/mol. The molecule has 0 aliphatic rings. The van der Waals surface area contributed by atoms with E-state index in [2.05, 4.69) is 18.2 Å². The van der Waals surface area contributed by atoms with Gasteiger partial charge in [-0.3, -0.25) is 0 Å². The summed E-state index contributed by atoms with van der Waals surface area (Å²) < 4.78 is 0. The Morgan fingerprint density at radius 2 is 1.40 bits per heavy atom. The summed E-state index contributed by atoms with van der Waals surface area (Å²) in [6.07, 6.45) is 2.72. The van der Waals surface area contributed by atoms with E-state index in [9.17, 15) is 0 Å².